The topological polar surface area (TPSA) is 147 Å². The minimum atomic E-state index is -0.650. The number of para-hydroxylation sites is 2. The Labute approximate surface area is 279 Å². The first-order valence-corrected chi connectivity index (χ1v) is 16.6. The Kier molecular flexibility index (Phi) is 10.6. The molecule has 0 aliphatic carbocycles. The Balaban J connectivity index is 1.14. The van der Waals surface area contributed by atoms with E-state index in [9.17, 15) is 19.5 Å². The molecule has 48 heavy (non-hydrogen) atoms. The lowest BCUT2D eigenvalue weighted by atomic mass is 9.89. The van der Waals surface area contributed by atoms with Crippen LogP contribution in [0.1, 0.15) is 61.8 Å². The number of benzene rings is 3. The van der Waals surface area contributed by atoms with Crippen LogP contribution >= 0.6 is 0 Å². The molecule has 2 aliphatic rings. The first-order chi connectivity index (χ1) is 23.3. The molecule has 4 aromatic rings. The summed E-state index contributed by atoms with van der Waals surface area (Å²) >= 11 is 0. The summed E-state index contributed by atoms with van der Waals surface area (Å²) in [5.74, 6) is -0.479. The number of carbonyl (C=O) groups excluding carboxylic acids is 2. The van der Waals surface area contributed by atoms with Gasteiger partial charge >= 0.3 is 17.7 Å². The molecular formula is C36H43N5O7. The highest BCUT2D eigenvalue weighted by atomic mass is 16.7. The molecule has 2 fully saturated rings. The van der Waals surface area contributed by atoms with Crippen LogP contribution in [-0.4, -0.2) is 70.4 Å². The second kappa shape index (κ2) is 15.2. The summed E-state index contributed by atoms with van der Waals surface area (Å²) in [6.07, 6.45) is 0.663. The molecule has 4 atom stereocenters. The molecule has 254 valence electrons. The summed E-state index contributed by atoms with van der Waals surface area (Å²) in [7, 11) is 0. The fraction of sp³-hybridized carbons (Fsp3) is 0.417. The van der Waals surface area contributed by atoms with E-state index in [4.69, 9.17) is 14.2 Å². The second-order valence-corrected chi connectivity index (χ2v) is 12.4. The van der Waals surface area contributed by atoms with Gasteiger partial charge in [0.1, 0.15) is 6.54 Å². The molecule has 0 saturated carbocycles. The predicted octanol–water partition coefficient (Wildman–Crippen LogP) is 4.64. The van der Waals surface area contributed by atoms with Crippen molar-refractivity contribution in [3.05, 3.63) is 100.0 Å². The third-order valence-corrected chi connectivity index (χ3v) is 9.25. The van der Waals surface area contributed by atoms with Crippen LogP contribution in [0.25, 0.3) is 11.0 Å². The zero-order valence-electron chi connectivity index (χ0n) is 27.3. The van der Waals surface area contributed by atoms with Gasteiger partial charge in [-0.1, -0.05) is 55.5 Å². The molecule has 12 heteroatoms. The van der Waals surface area contributed by atoms with Crippen LogP contribution in [0.2, 0.25) is 0 Å². The molecular weight excluding hydrogens is 614 g/mol. The van der Waals surface area contributed by atoms with Crippen LogP contribution in [-0.2, 0) is 25.6 Å². The number of fused-ring (bicyclic) bond motifs is 1. The molecule has 0 unspecified atom stereocenters. The minimum absolute atomic E-state index is 0.0271. The number of aromatic amines is 1. The molecule has 3 heterocycles. The van der Waals surface area contributed by atoms with Crippen LogP contribution < -0.4 is 16.3 Å². The number of hydrogen-bond donors (Lipinski definition) is 4. The number of H-pyrrole nitrogens is 1. The number of aliphatic hydroxyl groups excluding tert-OH is 1. The molecule has 0 bridgehead atoms. The van der Waals surface area contributed by atoms with E-state index in [1.54, 1.807) is 19.1 Å². The highest BCUT2D eigenvalue weighted by Crippen LogP contribution is 2.42. The van der Waals surface area contributed by atoms with Crippen LogP contribution in [0, 0.1) is 5.92 Å². The van der Waals surface area contributed by atoms with Crippen molar-refractivity contribution in [3.8, 4) is 0 Å². The Hall–Kier alpha value is -4.49. The maximum atomic E-state index is 12.8. The third kappa shape index (κ3) is 7.63. The molecule has 1 aromatic heterocycles. The van der Waals surface area contributed by atoms with Crippen molar-refractivity contribution in [2.75, 3.05) is 38.1 Å². The Morgan fingerprint density at radius 2 is 1.69 bits per heavy atom. The number of rotatable bonds is 10. The van der Waals surface area contributed by atoms with Gasteiger partial charge in [0.05, 0.1) is 36.5 Å². The maximum Gasteiger partial charge on any atom is 0.326 e. The lowest BCUT2D eigenvalue weighted by Crippen LogP contribution is -2.47. The SMILES string of the molecule is CCOC(=O)CNC(=O)Nc1ccc([C@H]2O[C@@H](CN3CCC(n4c(=O)[nH]c5ccccc54)CC3)[C@@H](C)[C@@H](c3ccc(CO)cc3)O2)cc1. The van der Waals surface area contributed by atoms with Gasteiger partial charge in [0.15, 0.2) is 6.29 Å². The summed E-state index contributed by atoms with van der Waals surface area (Å²) in [6.45, 7) is 6.23. The number of aliphatic hydroxyl groups is 1. The van der Waals surface area contributed by atoms with Crippen LogP contribution in [0.3, 0.4) is 0 Å². The number of piperidine rings is 1. The number of esters is 1. The molecule has 0 radical (unpaired) electrons. The Morgan fingerprint density at radius 3 is 2.40 bits per heavy atom. The molecule has 2 amide bonds. The van der Waals surface area contributed by atoms with Crippen molar-refractivity contribution in [2.24, 2.45) is 5.92 Å². The van der Waals surface area contributed by atoms with Gasteiger partial charge in [-0.3, -0.25) is 9.36 Å². The number of aromatic nitrogens is 2. The molecule has 2 saturated heterocycles. The number of carbonyl (C=O) groups is 2. The van der Waals surface area contributed by atoms with Crippen LogP contribution in [0.15, 0.2) is 77.6 Å². The van der Waals surface area contributed by atoms with Crippen molar-refractivity contribution in [1.29, 1.82) is 0 Å². The van der Waals surface area contributed by atoms with Crippen LogP contribution in [0.5, 0.6) is 0 Å². The van der Waals surface area contributed by atoms with E-state index in [0.29, 0.717) is 12.2 Å². The maximum absolute atomic E-state index is 12.8. The second-order valence-electron chi connectivity index (χ2n) is 12.4. The number of hydrogen-bond acceptors (Lipinski definition) is 8. The Morgan fingerprint density at radius 1 is 0.979 bits per heavy atom. The summed E-state index contributed by atoms with van der Waals surface area (Å²) in [6, 6.07) is 22.5. The predicted molar refractivity (Wildman–Crippen MR) is 180 cm³/mol. The monoisotopic (exact) mass is 657 g/mol. The molecule has 12 nitrogen and oxygen atoms in total. The van der Waals surface area contributed by atoms with Crippen molar-refractivity contribution in [1.82, 2.24) is 19.8 Å². The van der Waals surface area contributed by atoms with E-state index in [2.05, 4.69) is 27.4 Å². The van der Waals surface area contributed by atoms with E-state index in [0.717, 1.165) is 53.7 Å². The first-order valence-electron chi connectivity index (χ1n) is 16.6. The van der Waals surface area contributed by atoms with Gasteiger partial charge in [0, 0.05) is 42.8 Å². The molecule has 6 rings (SSSR count). The third-order valence-electron chi connectivity index (χ3n) is 9.25. The minimum Gasteiger partial charge on any atom is -0.465 e. The lowest BCUT2D eigenvalue weighted by molar-refractivity contribution is -0.276. The van der Waals surface area contributed by atoms with Gasteiger partial charge in [-0.15, -0.1) is 0 Å². The zero-order valence-corrected chi connectivity index (χ0v) is 27.3. The van der Waals surface area contributed by atoms with Crippen molar-refractivity contribution in [3.63, 3.8) is 0 Å². The first kappa shape index (κ1) is 33.4. The fourth-order valence-electron chi connectivity index (χ4n) is 6.64. The average Bonchev–Trinajstić information content (AvgIpc) is 3.44. The number of amides is 2. The van der Waals surface area contributed by atoms with Crippen LogP contribution in [0.4, 0.5) is 10.5 Å². The van der Waals surface area contributed by atoms with Gasteiger partial charge in [-0.2, -0.15) is 0 Å². The summed E-state index contributed by atoms with van der Waals surface area (Å²) < 4.78 is 20.0. The highest BCUT2D eigenvalue weighted by molar-refractivity contribution is 5.91. The van der Waals surface area contributed by atoms with Gasteiger partial charge in [-0.05, 0) is 55.2 Å². The number of nitrogens with one attached hydrogen (secondary N) is 3. The number of urea groups is 1. The highest BCUT2D eigenvalue weighted by Gasteiger charge is 2.39. The van der Waals surface area contributed by atoms with Crippen molar-refractivity contribution < 1.29 is 28.9 Å². The number of anilines is 1. The molecule has 4 N–H and O–H groups in total. The van der Waals surface area contributed by atoms with Gasteiger partial charge in [0.25, 0.3) is 0 Å². The van der Waals surface area contributed by atoms with Gasteiger partial charge < -0.3 is 39.8 Å². The van der Waals surface area contributed by atoms with Gasteiger partial charge in [-0.25, -0.2) is 9.59 Å². The van der Waals surface area contributed by atoms with E-state index in [1.807, 2.05) is 65.2 Å². The van der Waals surface area contributed by atoms with E-state index in [1.165, 1.54) is 0 Å². The summed E-state index contributed by atoms with van der Waals surface area (Å²) in [5, 5.41) is 14.8. The fourth-order valence-corrected chi connectivity index (χ4v) is 6.64. The van der Waals surface area contributed by atoms with E-state index >= 15 is 0 Å². The molecule has 3 aromatic carbocycles. The molecule has 2 aliphatic heterocycles. The van der Waals surface area contributed by atoms with Gasteiger partial charge in [0.2, 0.25) is 0 Å². The summed E-state index contributed by atoms with van der Waals surface area (Å²) in [5.41, 5.74) is 4.93. The molecule has 0 spiro atoms. The average molecular weight is 658 g/mol. The van der Waals surface area contributed by atoms with E-state index in [-0.39, 0.29) is 49.6 Å². The Bertz CT molecular complexity index is 1750. The zero-order chi connectivity index (χ0) is 33.6. The normalized spacial score (nSPS) is 22.0. The smallest absolute Gasteiger partial charge is 0.326 e. The summed E-state index contributed by atoms with van der Waals surface area (Å²) in [4.78, 5) is 42.0. The quantitative estimate of drug-likeness (QED) is 0.181. The van der Waals surface area contributed by atoms with E-state index < -0.39 is 18.3 Å². The largest absolute Gasteiger partial charge is 0.465 e. The van der Waals surface area contributed by atoms with Crippen molar-refractivity contribution in [2.45, 2.75) is 57.8 Å². The number of imidazole rings is 1. The lowest BCUT2D eigenvalue weighted by Gasteiger charge is -2.44. The van der Waals surface area contributed by atoms with Crippen molar-refractivity contribution >= 4 is 28.7 Å². The number of likely N-dealkylation sites (tertiary alicyclic amines) is 1. The standard InChI is InChI=1S/C36H43N5O7/c1-3-46-32(43)20-37-35(44)38-27-14-12-26(13-15-27)34-47-31(23(2)33(48-34)25-10-8-24(22-42)9-11-25)21-40-18-16-28(17-19-40)41-30-7-5-4-6-29(30)39-36(41)45/h4-15,23,28,31,33-34,42H,3,16-22H2,1-2H3,(H,39,45)(H2,37,38,44)/t23-,31+,33+,34+/m1/s1. The number of nitrogens with zero attached hydrogens (tertiary/aromatic N) is 2. The number of ether oxygens (including phenoxy) is 3.